The lowest BCUT2D eigenvalue weighted by molar-refractivity contribution is 0.291. The summed E-state index contributed by atoms with van der Waals surface area (Å²) in [6, 6.07) is 7.65. The van der Waals surface area contributed by atoms with Gasteiger partial charge in [-0.2, -0.15) is 0 Å². The van der Waals surface area contributed by atoms with Gasteiger partial charge in [0, 0.05) is 13.7 Å². The average Bonchev–Trinajstić information content (AvgIpc) is 2.70. The maximum atomic E-state index is 8.82. The summed E-state index contributed by atoms with van der Waals surface area (Å²) >= 11 is 5.89. The molecule has 0 saturated carbocycles. The third kappa shape index (κ3) is 3.03. The van der Waals surface area contributed by atoms with Gasteiger partial charge in [-0.05, 0) is 24.1 Å². The van der Waals surface area contributed by atoms with Crippen LogP contribution in [0.4, 0.5) is 0 Å². The summed E-state index contributed by atoms with van der Waals surface area (Å²) in [5.74, 6) is 1.55. The lowest BCUT2D eigenvalue weighted by atomic mass is 10.1. The van der Waals surface area contributed by atoms with Gasteiger partial charge >= 0.3 is 0 Å². The van der Waals surface area contributed by atoms with Gasteiger partial charge in [0.25, 0.3) is 0 Å². The molecule has 0 aliphatic heterocycles. The maximum absolute atomic E-state index is 8.82. The van der Waals surface area contributed by atoms with Crippen LogP contribution in [0, 0.1) is 0 Å². The molecule has 4 nitrogen and oxygen atoms in total. The summed E-state index contributed by atoms with van der Waals surface area (Å²) in [5, 5.41) is 9.41. The topological polar surface area (TPSA) is 47.3 Å². The number of halogens is 1. The van der Waals surface area contributed by atoms with Crippen LogP contribution in [0.2, 0.25) is 5.15 Å². The molecule has 5 heteroatoms. The van der Waals surface area contributed by atoms with Crippen LogP contribution in [0.15, 0.2) is 30.5 Å². The minimum absolute atomic E-state index is 0.159. The second-order valence-corrected chi connectivity index (χ2v) is 4.35. The summed E-state index contributed by atoms with van der Waals surface area (Å²) in [6.45, 7) is 0.536. The van der Waals surface area contributed by atoms with Crippen LogP contribution in [-0.2, 0) is 20.1 Å². The Kier molecular flexibility index (Phi) is 4.23. The first kappa shape index (κ1) is 12.9. The molecule has 0 unspecified atom stereocenters. The number of aromatic nitrogens is 2. The molecule has 0 aliphatic carbocycles. The second kappa shape index (κ2) is 5.89. The van der Waals surface area contributed by atoms with Gasteiger partial charge < -0.3 is 14.4 Å². The van der Waals surface area contributed by atoms with Gasteiger partial charge in [0.2, 0.25) is 0 Å². The molecular formula is C13H15ClN2O2. The molecule has 96 valence electrons. The fourth-order valence-electron chi connectivity index (χ4n) is 1.59. The summed E-state index contributed by atoms with van der Waals surface area (Å²) in [5.41, 5.74) is 1.09. The van der Waals surface area contributed by atoms with E-state index in [-0.39, 0.29) is 6.61 Å². The quantitative estimate of drug-likeness (QED) is 0.902. The molecule has 2 rings (SSSR count). The first-order valence-electron chi connectivity index (χ1n) is 5.69. The van der Waals surface area contributed by atoms with E-state index >= 15 is 0 Å². The van der Waals surface area contributed by atoms with Crippen LogP contribution in [0.5, 0.6) is 5.75 Å². The smallest absolute Gasteiger partial charge is 0.147 e. The van der Waals surface area contributed by atoms with E-state index in [9.17, 15) is 0 Å². The van der Waals surface area contributed by atoms with E-state index in [0.29, 0.717) is 18.2 Å². The zero-order chi connectivity index (χ0) is 13.0. The van der Waals surface area contributed by atoms with Crippen molar-refractivity contribution < 1.29 is 9.84 Å². The number of imidazole rings is 1. The van der Waals surface area contributed by atoms with Crippen molar-refractivity contribution in [3.05, 3.63) is 47.0 Å². The highest BCUT2D eigenvalue weighted by Gasteiger charge is 2.05. The molecule has 1 aromatic carbocycles. The highest BCUT2D eigenvalue weighted by atomic mass is 35.5. The molecular weight excluding hydrogens is 252 g/mol. The zero-order valence-corrected chi connectivity index (χ0v) is 10.9. The largest absolute Gasteiger partial charge is 0.486 e. The van der Waals surface area contributed by atoms with Crippen LogP contribution >= 0.6 is 11.6 Å². The Bertz CT molecular complexity index is 508. The third-order valence-corrected chi connectivity index (χ3v) is 3.07. The van der Waals surface area contributed by atoms with Crippen LogP contribution in [0.25, 0.3) is 0 Å². The fraction of sp³-hybridized carbons (Fsp3) is 0.308. The normalized spacial score (nSPS) is 10.6. The molecule has 1 aromatic heterocycles. The Morgan fingerprint density at radius 1 is 1.33 bits per heavy atom. The van der Waals surface area contributed by atoms with Gasteiger partial charge in [0.1, 0.15) is 23.3 Å². The number of benzene rings is 1. The van der Waals surface area contributed by atoms with Crippen molar-refractivity contribution in [2.75, 3.05) is 6.61 Å². The second-order valence-electron chi connectivity index (χ2n) is 3.96. The summed E-state index contributed by atoms with van der Waals surface area (Å²) in [7, 11) is 1.85. The minimum Gasteiger partial charge on any atom is -0.486 e. The van der Waals surface area contributed by atoms with Gasteiger partial charge in [0.05, 0.1) is 6.20 Å². The van der Waals surface area contributed by atoms with Crippen molar-refractivity contribution in [2.24, 2.45) is 7.05 Å². The molecule has 0 aliphatic rings. The summed E-state index contributed by atoms with van der Waals surface area (Å²) < 4.78 is 7.39. The van der Waals surface area contributed by atoms with Gasteiger partial charge in [-0.1, -0.05) is 23.7 Å². The first-order valence-corrected chi connectivity index (χ1v) is 6.07. The number of aliphatic hydroxyl groups excluding tert-OH is 1. The first-order chi connectivity index (χ1) is 8.70. The molecule has 0 radical (unpaired) electrons. The van der Waals surface area contributed by atoms with Crippen LogP contribution in [0.3, 0.4) is 0 Å². The molecule has 0 saturated heterocycles. The van der Waals surface area contributed by atoms with Crippen molar-refractivity contribution in [3.8, 4) is 5.75 Å². The zero-order valence-electron chi connectivity index (χ0n) is 10.1. The van der Waals surface area contributed by atoms with E-state index in [2.05, 4.69) is 4.98 Å². The van der Waals surface area contributed by atoms with E-state index in [4.69, 9.17) is 21.4 Å². The summed E-state index contributed by atoms with van der Waals surface area (Å²) in [6.07, 6.45) is 2.26. The third-order valence-electron chi connectivity index (χ3n) is 2.72. The van der Waals surface area contributed by atoms with E-state index in [1.165, 1.54) is 0 Å². The van der Waals surface area contributed by atoms with E-state index in [1.807, 2.05) is 31.3 Å². The molecule has 1 heterocycles. The molecule has 1 N–H and O–H groups in total. The number of hydrogen-bond donors (Lipinski definition) is 1. The lowest BCUT2D eigenvalue weighted by Crippen LogP contribution is -2.03. The van der Waals surface area contributed by atoms with Gasteiger partial charge in [-0.15, -0.1) is 0 Å². The number of hydrogen-bond acceptors (Lipinski definition) is 3. The monoisotopic (exact) mass is 266 g/mol. The van der Waals surface area contributed by atoms with Crippen LogP contribution in [-0.4, -0.2) is 21.3 Å². The Morgan fingerprint density at radius 3 is 2.61 bits per heavy atom. The predicted molar refractivity (Wildman–Crippen MR) is 69.8 cm³/mol. The highest BCUT2D eigenvalue weighted by Crippen LogP contribution is 2.15. The van der Waals surface area contributed by atoms with Gasteiger partial charge in [0.15, 0.2) is 0 Å². The Labute approximate surface area is 111 Å². The predicted octanol–water partition coefficient (Wildman–Crippen LogP) is 2.19. The fourth-order valence-corrected chi connectivity index (χ4v) is 1.73. The molecule has 18 heavy (non-hydrogen) atoms. The number of rotatable bonds is 5. The van der Waals surface area contributed by atoms with Gasteiger partial charge in [-0.3, -0.25) is 0 Å². The lowest BCUT2D eigenvalue weighted by Gasteiger charge is -2.07. The highest BCUT2D eigenvalue weighted by molar-refractivity contribution is 6.29. The number of aliphatic hydroxyl groups is 1. The Morgan fingerprint density at radius 2 is 2.06 bits per heavy atom. The molecule has 2 aromatic rings. The Balaban J connectivity index is 1.96. The molecule has 0 amide bonds. The van der Waals surface area contributed by atoms with Crippen molar-refractivity contribution in [3.63, 3.8) is 0 Å². The van der Waals surface area contributed by atoms with Crippen LogP contribution in [0.1, 0.15) is 11.4 Å². The number of nitrogens with zero attached hydrogens (tertiary/aromatic N) is 2. The summed E-state index contributed by atoms with van der Waals surface area (Å²) in [4.78, 5) is 4.15. The Hall–Kier alpha value is -1.52. The molecule has 0 fully saturated rings. The van der Waals surface area contributed by atoms with E-state index in [0.717, 1.165) is 17.1 Å². The standard InChI is InChI=1S/C13H15ClN2O2/c1-16-12(14)8-15-13(16)9-18-11-4-2-10(3-5-11)6-7-17/h2-5,8,17H,6-7,9H2,1H3. The van der Waals surface area contributed by atoms with Crippen molar-refractivity contribution in [1.82, 2.24) is 9.55 Å². The molecule has 0 atom stereocenters. The van der Waals surface area contributed by atoms with Gasteiger partial charge in [-0.25, -0.2) is 4.98 Å². The molecule has 0 bridgehead atoms. The van der Waals surface area contributed by atoms with Crippen LogP contribution < -0.4 is 4.74 Å². The van der Waals surface area contributed by atoms with Crippen molar-refractivity contribution >= 4 is 11.6 Å². The van der Waals surface area contributed by atoms with E-state index < -0.39 is 0 Å². The number of ether oxygens (including phenoxy) is 1. The van der Waals surface area contributed by atoms with Crippen molar-refractivity contribution in [2.45, 2.75) is 13.0 Å². The molecule has 0 spiro atoms. The maximum Gasteiger partial charge on any atom is 0.147 e. The van der Waals surface area contributed by atoms with E-state index in [1.54, 1.807) is 10.8 Å². The average molecular weight is 267 g/mol. The minimum atomic E-state index is 0.159. The van der Waals surface area contributed by atoms with Crippen molar-refractivity contribution in [1.29, 1.82) is 0 Å². The SMILES string of the molecule is Cn1c(Cl)cnc1COc1ccc(CCO)cc1.